The largest absolute Gasteiger partial charge is 0.468 e. The van der Waals surface area contributed by atoms with Gasteiger partial charge in [-0.1, -0.05) is 19.9 Å². The standard InChI is InChI=1S/C21H24N2O4S2/c1-16(2)21(24)22-17-7-9-20(10-8-17)29(25,26)23(15-18-5-3-13-27-18)12-11-19-6-4-14-28-19/h3-10,13-14,16H,11-12,15H2,1-2H3,(H,22,24). The Morgan fingerprint density at radius 3 is 2.48 bits per heavy atom. The van der Waals surface area contributed by atoms with Crippen LogP contribution in [-0.2, 0) is 27.8 Å². The van der Waals surface area contributed by atoms with Gasteiger partial charge in [0.15, 0.2) is 0 Å². The second-order valence-corrected chi connectivity index (χ2v) is 9.89. The lowest BCUT2D eigenvalue weighted by molar-refractivity contribution is -0.118. The van der Waals surface area contributed by atoms with Gasteiger partial charge < -0.3 is 9.73 Å². The smallest absolute Gasteiger partial charge is 0.243 e. The first kappa shape index (κ1) is 21.3. The van der Waals surface area contributed by atoms with Gasteiger partial charge in [0.05, 0.1) is 17.7 Å². The predicted octanol–water partition coefficient (Wildman–Crippen LogP) is 4.37. The van der Waals surface area contributed by atoms with Crippen molar-refractivity contribution in [2.75, 3.05) is 11.9 Å². The Labute approximate surface area is 175 Å². The molecule has 0 radical (unpaired) electrons. The summed E-state index contributed by atoms with van der Waals surface area (Å²) in [5, 5.41) is 4.75. The van der Waals surface area contributed by atoms with E-state index in [1.807, 2.05) is 17.5 Å². The number of nitrogens with zero attached hydrogens (tertiary/aromatic N) is 1. The van der Waals surface area contributed by atoms with E-state index in [4.69, 9.17) is 4.42 Å². The van der Waals surface area contributed by atoms with Gasteiger partial charge in [0, 0.05) is 23.0 Å². The summed E-state index contributed by atoms with van der Waals surface area (Å²) in [7, 11) is -3.73. The Hall–Kier alpha value is -2.42. The Bertz CT molecular complexity index is 1010. The summed E-state index contributed by atoms with van der Waals surface area (Å²) in [4.78, 5) is 13.1. The van der Waals surface area contributed by atoms with Crippen LogP contribution in [0, 0.1) is 5.92 Å². The molecule has 0 aliphatic rings. The minimum Gasteiger partial charge on any atom is -0.468 e. The van der Waals surface area contributed by atoms with Crippen LogP contribution in [0.2, 0.25) is 0 Å². The molecule has 8 heteroatoms. The van der Waals surface area contributed by atoms with E-state index in [1.165, 1.54) is 22.7 Å². The summed E-state index contributed by atoms with van der Waals surface area (Å²) in [5.74, 6) is 0.316. The highest BCUT2D eigenvalue weighted by Crippen LogP contribution is 2.22. The van der Waals surface area contributed by atoms with E-state index in [2.05, 4.69) is 5.32 Å². The molecule has 0 spiro atoms. The van der Waals surface area contributed by atoms with Crippen molar-refractivity contribution >= 4 is 33.0 Å². The van der Waals surface area contributed by atoms with Gasteiger partial charge >= 0.3 is 0 Å². The molecular weight excluding hydrogens is 408 g/mol. The highest BCUT2D eigenvalue weighted by Gasteiger charge is 2.25. The number of nitrogens with one attached hydrogen (secondary N) is 1. The van der Waals surface area contributed by atoms with Crippen LogP contribution in [-0.4, -0.2) is 25.2 Å². The van der Waals surface area contributed by atoms with Crippen molar-refractivity contribution in [2.24, 2.45) is 5.92 Å². The molecule has 0 saturated heterocycles. The summed E-state index contributed by atoms with van der Waals surface area (Å²) in [6, 6.07) is 13.7. The van der Waals surface area contributed by atoms with Crippen molar-refractivity contribution < 1.29 is 17.6 Å². The normalized spacial score (nSPS) is 11.9. The monoisotopic (exact) mass is 432 g/mol. The summed E-state index contributed by atoms with van der Waals surface area (Å²) >= 11 is 1.60. The molecule has 29 heavy (non-hydrogen) atoms. The molecule has 1 amide bonds. The molecule has 6 nitrogen and oxygen atoms in total. The summed E-state index contributed by atoms with van der Waals surface area (Å²) in [6.07, 6.45) is 2.16. The van der Waals surface area contributed by atoms with Crippen molar-refractivity contribution in [3.05, 3.63) is 70.8 Å². The zero-order valence-electron chi connectivity index (χ0n) is 16.4. The van der Waals surface area contributed by atoms with Crippen LogP contribution in [0.25, 0.3) is 0 Å². The SMILES string of the molecule is CC(C)C(=O)Nc1ccc(S(=O)(=O)N(CCc2cccs2)Cc2ccco2)cc1. The lowest BCUT2D eigenvalue weighted by Gasteiger charge is -2.21. The first-order valence-corrected chi connectivity index (χ1v) is 11.6. The Morgan fingerprint density at radius 1 is 1.14 bits per heavy atom. The van der Waals surface area contributed by atoms with Crippen molar-refractivity contribution in [1.82, 2.24) is 4.31 Å². The van der Waals surface area contributed by atoms with E-state index in [0.29, 0.717) is 24.4 Å². The van der Waals surface area contributed by atoms with Crippen LogP contribution in [0.4, 0.5) is 5.69 Å². The fourth-order valence-electron chi connectivity index (χ4n) is 2.70. The number of anilines is 1. The molecule has 0 saturated carbocycles. The number of amides is 1. The maximum absolute atomic E-state index is 13.3. The Morgan fingerprint density at radius 2 is 1.90 bits per heavy atom. The Kier molecular flexibility index (Phi) is 6.89. The quantitative estimate of drug-likeness (QED) is 0.545. The predicted molar refractivity (Wildman–Crippen MR) is 114 cm³/mol. The number of thiophene rings is 1. The number of benzene rings is 1. The molecule has 0 aliphatic carbocycles. The van der Waals surface area contributed by atoms with Crippen LogP contribution in [0.1, 0.15) is 24.5 Å². The zero-order chi connectivity index (χ0) is 20.9. The fraction of sp³-hybridized carbons (Fsp3) is 0.286. The second kappa shape index (κ2) is 9.39. The lowest BCUT2D eigenvalue weighted by Crippen LogP contribution is -2.32. The van der Waals surface area contributed by atoms with Gasteiger partial charge in [-0.15, -0.1) is 11.3 Å². The van der Waals surface area contributed by atoms with Gasteiger partial charge in [0.25, 0.3) is 0 Å². The van der Waals surface area contributed by atoms with E-state index in [1.54, 1.807) is 49.4 Å². The Balaban J connectivity index is 1.79. The third kappa shape index (κ3) is 5.56. The second-order valence-electron chi connectivity index (χ2n) is 6.92. The summed E-state index contributed by atoms with van der Waals surface area (Å²) in [5.41, 5.74) is 0.568. The van der Waals surface area contributed by atoms with Gasteiger partial charge in [0.2, 0.25) is 15.9 Å². The third-order valence-corrected chi connectivity index (χ3v) is 7.18. The van der Waals surface area contributed by atoms with Crippen molar-refractivity contribution in [3.8, 4) is 0 Å². The maximum atomic E-state index is 13.3. The van der Waals surface area contributed by atoms with Crippen LogP contribution in [0.5, 0.6) is 0 Å². The van der Waals surface area contributed by atoms with E-state index >= 15 is 0 Å². The molecule has 1 N–H and O–H groups in total. The van der Waals surface area contributed by atoms with Gasteiger partial charge in [-0.05, 0) is 54.3 Å². The lowest BCUT2D eigenvalue weighted by atomic mass is 10.2. The molecule has 2 heterocycles. The maximum Gasteiger partial charge on any atom is 0.243 e. The zero-order valence-corrected chi connectivity index (χ0v) is 18.0. The first-order valence-electron chi connectivity index (χ1n) is 9.32. The van der Waals surface area contributed by atoms with Crippen LogP contribution in [0.3, 0.4) is 0 Å². The highest BCUT2D eigenvalue weighted by atomic mass is 32.2. The number of furan rings is 1. The summed E-state index contributed by atoms with van der Waals surface area (Å²) < 4.78 is 33.3. The average molecular weight is 433 g/mol. The molecule has 3 aromatic rings. The number of hydrogen-bond acceptors (Lipinski definition) is 5. The average Bonchev–Trinajstić information content (AvgIpc) is 3.39. The van der Waals surface area contributed by atoms with Gasteiger partial charge in [-0.25, -0.2) is 8.42 Å². The number of carbonyl (C=O) groups excluding carboxylic acids is 1. The molecule has 3 rings (SSSR count). The van der Waals surface area contributed by atoms with E-state index < -0.39 is 10.0 Å². The van der Waals surface area contributed by atoms with Crippen molar-refractivity contribution in [1.29, 1.82) is 0 Å². The van der Waals surface area contributed by atoms with Gasteiger partial charge in [-0.3, -0.25) is 4.79 Å². The summed E-state index contributed by atoms with van der Waals surface area (Å²) in [6.45, 7) is 4.10. The van der Waals surface area contributed by atoms with Crippen LogP contribution in [0.15, 0.2) is 69.5 Å². The van der Waals surface area contributed by atoms with Gasteiger partial charge in [-0.2, -0.15) is 4.31 Å². The number of hydrogen-bond donors (Lipinski definition) is 1. The van der Waals surface area contributed by atoms with Crippen LogP contribution < -0.4 is 5.32 Å². The van der Waals surface area contributed by atoms with E-state index in [0.717, 1.165) is 4.88 Å². The molecule has 0 aliphatic heterocycles. The fourth-order valence-corrected chi connectivity index (χ4v) is 4.80. The molecule has 0 atom stereocenters. The molecule has 2 aromatic heterocycles. The third-order valence-electron chi connectivity index (χ3n) is 4.38. The van der Waals surface area contributed by atoms with E-state index in [-0.39, 0.29) is 23.3 Å². The molecule has 0 fully saturated rings. The number of sulfonamides is 1. The molecule has 154 valence electrons. The molecule has 0 unspecified atom stereocenters. The topological polar surface area (TPSA) is 79.6 Å². The molecule has 1 aromatic carbocycles. The van der Waals surface area contributed by atoms with E-state index in [9.17, 15) is 13.2 Å². The number of rotatable bonds is 9. The molecular formula is C21H24N2O4S2. The minimum absolute atomic E-state index is 0.115. The highest BCUT2D eigenvalue weighted by molar-refractivity contribution is 7.89. The first-order chi connectivity index (χ1) is 13.9. The number of carbonyl (C=O) groups is 1. The molecule has 0 bridgehead atoms. The van der Waals surface area contributed by atoms with Crippen molar-refractivity contribution in [2.45, 2.75) is 31.7 Å². The van der Waals surface area contributed by atoms with Crippen LogP contribution >= 0.6 is 11.3 Å². The van der Waals surface area contributed by atoms with Crippen molar-refractivity contribution in [3.63, 3.8) is 0 Å². The minimum atomic E-state index is -3.73. The van der Waals surface area contributed by atoms with Gasteiger partial charge in [0.1, 0.15) is 5.76 Å².